The third kappa shape index (κ3) is 2.74. The molecule has 1 heterocycles. The van der Waals surface area contributed by atoms with E-state index in [2.05, 4.69) is 17.2 Å². The van der Waals surface area contributed by atoms with Crippen LogP contribution in [0.2, 0.25) is 0 Å². The van der Waals surface area contributed by atoms with Gasteiger partial charge in [0.2, 0.25) is 0 Å². The first-order chi connectivity index (χ1) is 8.20. The van der Waals surface area contributed by atoms with Crippen LogP contribution in [0.3, 0.4) is 0 Å². The molecule has 17 heavy (non-hydrogen) atoms. The van der Waals surface area contributed by atoms with Gasteiger partial charge in [0.15, 0.2) is 0 Å². The monoisotopic (exact) mass is 251 g/mol. The number of halogens is 1. The smallest absolute Gasteiger partial charge is 0.148 e. The number of nitrogen functional groups attached to an aromatic ring is 1. The summed E-state index contributed by atoms with van der Waals surface area (Å²) in [7, 11) is 0. The summed E-state index contributed by atoms with van der Waals surface area (Å²) in [5.74, 6) is -0.400. The first kappa shape index (κ1) is 11.9. The maximum atomic E-state index is 13.2. The predicted octanol–water partition coefficient (Wildman–Crippen LogP) is 3.04. The van der Waals surface area contributed by atoms with E-state index >= 15 is 0 Å². The molecule has 0 aliphatic heterocycles. The lowest BCUT2D eigenvalue weighted by atomic mass is 10.2. The molecule has 0 aliphatic rings. The average molecular weight is 251 g/mol. The maximum Gasteiger partial charge on any atom is 0.148 e. The van der Waals surface area contributed by atoms with Crippen molar-refractivity contribution in [2.24, 2.45) is 0 Å². The highest BCUT2D eigenvalue weighted by molar-refractivity contribution is 7.11. The SMILES string of the molecule is CCc1cnc(CNc2cccc(F)c2N)s1. The number of thiazole rings is 1. The molecule has 3 N–H and O–H groups in total. The molecule has 0 spiro atoms. The molecule has 0 unspecified atom stereocenters. The van der Waals surface area contributed by atoms with E-state index in [4.69, 9.17) is 5.73 Å². The number of hydrogen-bond acceptors (Lipinski definition) is 4. The van der Waals surface area contributed by atoms with Gasteiger partial charge in [-0.15, -0.1) is 11.3 Å². The van der Waals surface area contributed by atoms with Crippen LogP contribution < -0.4 is 11.1 Å². The van der Waals surface area contributed by atoms with Gasteiger partial charge in [-0.1, -0.05) is 13.0 Å². The molecule has 5 heteroatoms. The van der Waals surface area contributed by atoms with Gasteiger partial charge < -0.3 is 11.1 Å². The number of nitrogens with two attached hydrogens (primary N) is 1. The molecule has 0 radical (unpaired) electrons. The first-order valence-electron chi connectivity index (χ1n) is 5.42. The fourth-order valence-electron chi connectivity index (χ4n) is 1.46. The zero-order valence-electron chi connectivity index (χ0n) is 9.53. The molecule has 0 bridgehead atoms. The van der Waals surface area contributed by atoms with E-state index in [1.165, 1.54) is 10.9 Å². The van der Waals surface area contributed by atoms with Gasteiger partial charge in [-0.3, -0.25) is 0 Å². The third-order valence-electron chi connectivity index (χ3n) is 2.43. The van der Waals surface area contributed by atoms with Crippen molar-refractivity contribution in [1.29, 1.82) is 0 Å². The highest BCUT2D eigenvalue weighted by Crippen LogP contribution is 2.22. The number of anilines is 2. The highest BCUT2D eigenvalue weighted by Gasteiger charge is 2.05. The lowest BCUT2D eigenvalue weighted by molar-refractivity contribution is 0.633. The number of benzene rings is 1. The van der Waals surface area contributed by atoms with Crippen LogP contribution in [0.25, 0.3) is 0 Å². The van der Waals surface area contributed by atoms with Gasteiger partial charge in [0.1, 0.15) is 10.8 Å². The van der Waals surface area contributed by atoms with Crippen molar-refractivity contribution < 1.29 is 4.39 Å². The summed E-state index contributed by atoms with van der Waals surface area (Å²) in [4.78, 5) is 5.52. The van der Waals surface area contributed by atoms with Gasteiger partial charge in [0.05, 0.1) is 17.9 Å². The zero-order valence-corrected chi connectivity index (χ0v) is 10.4. The lowest BCUT2D eigenvalue weighted by Crippen LogP contribution is -2.03. The van der Waals surface area contributed by atoms with Crippen molar-refractivity contribution >= 4 is 22.7 Å². The van der Waals surface area contributed by atoms with Crippen molar-refractivity contribution in [2.75, 3.05) is 11.1 Å². The van der Waals surface area contributed by atoms with E-state index in [1.54, 1.807) is 23.5 Å². The number of para-hydroxylation sites is 1. The standard InChI is InChI=1S/C12H14FN3S/c1-2-8-6-16-11(17-8)7-15-10-5-3-4-9(13)12(10)14/h3-6,15H,2,7,14H2,1H3. The summed E-state index contributed by atoms with van der Waals surface area (Å²) in [5, 5.41) is 4.07. The second-order valence-electron chi connectivity index (χ2n) is 3.63. The summed E-state index contributed by atoms with van der Waals surface area (Å²) in [5.41, 5.74) is 6.39. The number of nitrogens with one attached hydrogen (secondary N) is 1. The van der Waals surface area contributed by atoms with Crippen LogP contribution in [0.5, 0.6) is 0 Å². The molecule has 2 rings (SSSR count). The van der Waals surface area contributed by atoms with Crippen LogP contribution in [0, 0.1) is 5.82 Å². The zero-order chi connectivity index (χ0) is 12.3. The molecular formula is C12H14FN3S. The van der Waals surface area contributed by atoms with Crippen molar-refractivity contribution in [3.8, 4) is 0 Å². The van der Waals surface area contributed by atoms with Crippen LogP contribution in [0.1, 0.15) is 16.8 Å². The Kier molecular flexibility index (Phi) is 3.58. The Morgan fingerprint density at radius 3 is 3.00 bits per heavy atom. The molecule has 0 atom stereocenters. The van der Waals surface area contributed by atoms with Crippen LogP contribution in [-0.2, 0) is 13.0 Å². The summed E-state index contributed by atoms with van der Waals surface area (Å²) < 4.78 is 13.2. The molecule has 1 aromatic carbocycles. The number of rotatable bonds is 4. The topological polar surface area (TPSA) is 50.9 Å². The average Bonchev–Trinajstić information content (AvgIpc) is 2.79. The number of aromatic nitrogens is 1. The minimum atomic E-state index is -0.400. The summed E-state index contributed by atoms with van der Waals surface area (Å²) >= 11 is 1.65. The maximum absolute atomic E-state index is 13.2. The fraction of sp³-hybridized carbons (Fsp3) is 0.250. The Morgan fingerprint density at radius 2 is 2.29 bits per heavy atom. The lowest BCUT2D eigenvalue weighted by Gasteiger charge is -2.07. The molecular weight excluding hydrogens is 237 g/mol. The molecule has 3 nitrogen and oxygen atoms in total. The number of hydrogen-bond donors (Lipinski definition) is 2. The molecule has 0 amide bonds. The van der Waals surface area contributed by atoms with Crippen LogP contribution in [0.4, 0.5) is 15.8 Å². The Labute approximate surface area is 103 Å². The van der Waals surface area contributed by atoms with Crippen molar-refractivity contribution in [1.82, 2.24) is 4.98 Å². The van der Waals surface area contributed by atoms with Crippen molar-refractivity contribution in [3.63, 3.8) is 0 Å². The van der Waals surface area contributed by atoms with Gasteiger partial charge in [-0.2, -0.15) is 0 Å². The van der Waals surface area contributed by atoms with E-state index in [0.717, 1.165) is 11.4 Å². The Balaban J connectivity index is 2.04. The van der Waals surface area contributed by atoms with Gasteiger partial charge >= 0.3 is 0 Å². The minimum Gasteiger partial charge on any atom is -0.395 e. The van der Waals surface area contributed by atoms with Crippen LogP contribution in [-0.4, -0.2) is 4.98 Å². The minimum absolute atomic E-state index is 0.153. The first-order valence-corrected chi connectivity index (χ1v) is 6.23. The number of nitrogens with zero attached hydrogens (tertiary/aromatic N) is 1. The normalized spacial score (nSPS) is 10.5. The van der Waals surface area contributed by atoms with E-state index in [0.29, 0.717) is 12.2 Å². The van der Waals surface area contributed by atoms with Gasteiger partial charge in [0, 0.05) is 11.1 Å². The summed E-state index contributed by atoms with van der Waals surface area (Å²) in [6, 6.07) is 4.74. The highest BCUT2D eigenvalue weighted by atomic mass is 32.1. The van der Waals surface area contributed by atoms with Crippen molar-refractivity contribution in [3.05, 3.63) is 40.1 Å². The van der Waals surface area contributed by atoms with Gasteiger partial charge in [-0.05, 0) is 18.6 Å². The van der Waals surface area contributed by atoms with E-state index in [-0.39, 0.29) is 5.69 Å². The molecule has 2 aromatic rings. The second-order valence-corrected chi connectivity index (χ2v) is 4.83. The molecule has 0 aliphatic carbocycles. The van der Waals surface area contributed by atoms with Crippen LogP contribution >= 0.6 is 11.3 Å². The molecule has 1 aromatic heterocycles. The van der Waals surface area contributed by atoms with Gasteiger partial charge in [0.25, 0.3) is 0 Å². The third-order valence-corrected chi connectivity index (χ3v) is 3.57. The quantitative estimate of drug-likeness (QED) is 0.821. The largest absolute Gasteiger partial charge is 0.395 e. The molecule has 0 fully saturated rings. The Hall–Kier alpha value is -1.62. The Bertz CT molecular complexity index is 510. The van der Waals surface area contributed by atoms with E-state index < -0.39 is 5.82 Å². The fourth-order valence-corrected chi connectivity index (χ4v) is 2.26. The van der Waals surface area contributed by atoms with E-state index in [1.807, 2.05) is 6.20 Å². The Morgan fingerprint density at radius 1 is 1.47 bits per heavy atom. The predicted molar refractivity (Wildman–Crippen MR) is 69.6 cm³/mol. The number of aryl methyl sites for hydroxylation is 1. The van der Waals surface area contributed by atoms with Gasteiger partial charge in [-0.25, -0.2) is 9.37 Å². The van der Waals surface area contributed by atoms with Crippen molar-refractivity contribution in [2.45, 2.75) is 19.9 Å². The molecule has 0 saturated heterocycles. The molecule has 0 saturated carbocycles. The summed E-state index contributed by atoms with van der Waals surface area (Å²) in [6.07, 6.45) is 2.86. The summed E-state index contributed by atoms with van der Waals surface area (Å²) in [6.45, 7) is 2.66. The second kappa shape index (κ2) is 5.14. The van der Waals surface area contributed by atoms with Crippen LogP contribution in [0.15, 0.2) is 24.4 Å². The molecule has 90 valence electrons. The van der Waals surface area contributed by atoms with E-state index in [9.17, 15) is 4.39 Å².